The maximum atomic E-state index is 13.4. The van der Waals surface area contributed by atoms with Crippen molar-refractivity contribution in [1.82, 2.24) is 9.80 Å². The lowest BCUT2D eigenvalue weighted by Crippen LogP contribution is -2.44. The second-order valence-electron chi connectivity index (χ2n) is 13.1. The highest BCUT2D eigenvalue weighted by Crippen LogP contribution is 2.16. The molecular formula is C39H74N2O. The molecule has 0 aliphatic carbocycles. The predicted octanol–water partition coefficient (Wildman–Crippen LogP) is 12.8. The summed E-state index contributed by atoms with van der Waals surface area (Å²) in [6, 6.07) is 0.333. The van der Waals surface area contributed by atoms with Crippen LogP contribution in [0.3, 0.4) is 0 Å². The molecule has 2 amide bonds. The average Bonchev–Trinajstić information content (AvgIpc) is 3.08. The first-order chi connectivity index (χ1) is 20.8. The smallest absolute Gasteiger partial charge is 0.319 e. The Morgan fingerprint density at radius 3 is 1.10 bits per heavy atom. The molecule has 0 saturated carbocycles. The standard InChI is InChI=1S/C39H74N2O/c1-3-5-7-9-11-13-15-17-19-21-23-25-27-31-35-40-37-33-29-30-34-38-41(39(40)42)36-32-28-26-24-22-20-18-16-14-12-10-8-6-4-2/h13-16H,3-12,17-38H2,1-2H3/b15-13-,16-14-. The molecule has 0 aromatic rings. The molecule has 1 aliphatic heterocycles. The fourth-order valence-electron chi connectivity index (χ4n) is 6.16. The van der Waals surface area contributed by atoms with Crippen molar-refractivity contribution >= 4 is 6.03 Å². The number of rotatable bonds is 28. The fraction of sp³-hybridized carbons (Fsp3) is 0.872. The van der Waals surface area contributed by atoms with Crippen LogP contribution in [0.15, 0.2) is 24.3 Å². The Kier molecular flexibility index (Phi) is 28.8. The van der Waals surface area contributed by atoms with Crippen LogP contribution < -0.4 is 0 Å². The minimum Gasteiger partial charge on any atom is -0.325 e. The van der Waals surface area contributed by atoms with E-state index in [0.717, 1.165) is 26.2 Å². The molecule has 1 rings (SSSR count). The van der Waals surface area contributed by atoms with Gasteiger partial charge in [-0.3, -0.25) is 0 Å². The molecular weight excluding hydrogens is 512 g/mol. The van der Waals surface area contributed by atoms with E-state index in [1.165, 1.54) is 180 Å². The number of amides is 2. The van der Waals surface area contributed by atoms with Crippen LogP contribution in [-0.4, -0.2) is 42.0 Å². The molecule has 1 heterocycles. The summed E-state index contributed by atoms with van der Waals surface area (Å²) in [4.78, 5) is 17.8. The molecule has 1 saturated heterocycles. The summed E-state index contributed by atoms with van der Waals surface area (Å²) in [6.45, 7) is 8.41. The van der Waals surface area contributed by atoms with E-state index in [4.69, 9.17) is 0 Å². The van der Waals surface area contributed by atoms with Crippen molar-refractivity contribution < 1.29 is 4.79 Å². The van der Waals surface area contributed by atoms with Crippen molar-refractivity contribution in [3.05, 3.63) is 24.3 Å². The normalized spacial score (nSPS) is 15.1. The third-order valence-electron chi connectivity index (χ3n) is 9.03. The van der Waals surface area contributed by atoms with Crippen molar-refractivity contribution in [2.24, 2.45) is 0 Å². The SMILES string of the molecule is CCCCCC/C=C\CCCCCCCCN1CCCCCCN(CCCCCCCC/C=C\CCCCCC)C1=O. The zero-order valence-corrected chi connectivity index (χ0v) is 28.7. The van der Waals surface area contributed by atoms with Gasteiger partial charge >= 0.3 is 6.03 Å². The van der Waals surface area contributed by atoms with Gasteiger partial charge in [-0.15, -0.1) is 0 Å². The quantitative estimate of drug-likeness (QED) is 0.0660. The first-order valence-electron chi connectivity index (χ1n) is 19.1. The van der Waals surface area contributed by atoms with Gasteiger partial charge in [0.05, 0.1) is 0 Å². The van der Waals surface area contributed by atoms with E-state index in [9.17, 15) is 4.79 Å². The number of hydrogen-bond donors (Lipinski definition) is 0. The summed E-state index contributed by atoms with van der Waals surface area (Å²) in [5.41, 5.74) is 0. The molecule has 0 aromatic heterocycles. The zero-order chi connectivity index (χ0) is 30.2. The number of nitrogens with zero attached hydrogens (tertiary/aromatic N) is 2. The van der Waals surface area contributed by atoms with Crippen molar-refractivity contribution in [2.75, 3.05) is 26.2 Å². The number of carbonyl (C=O) groups is 1. The lowest BCUT2D eigenvalue weighted by Gasteiger charge is -2.30. The lowest BCUT2D eigenvalue weighted by molar-refractivity contribution is 0.152. The van der Waals surface area contributed by atoms with Crippen LogP contribution in [0.25, 0.3) is 0 Å². The third kappa shape index (κ3) is 24.2. The highest BCUT2D eigenvalue weighted by molar-refractivity contribution is 5.74. The van der Waals surface area contributed by atoms with Crippen molar-refractivity contribution in [3.8, 4) is 0 Å². The Bertz CT molecular complexity index is 576. The Morgan fingerprint density at radius 1 is 0.429 bits per heavy atom. The molecule has 246 valence electrons. The van der Waals surface area contributed by atoms with Crippen molar-refractivity contribution in [3.63, 3.8) is 0 Å². The molecule has 0 spiro atoms. The van der Waals surface area contributed by atoms with Crippen LogP contribution in [-0.2, 0) is 0 Å². The highest BCUT2D eigenvalue weighted by atomic mass is 16.2. The van der Waals surface area contributed by atoms with Gasteiger partial charge in [0, 0.05) is 26.2 Å². The molecule has 0 aromatic carbocycles. The van der Waals surface area contributed by atoms with E-state index in [0.29, 0.717) is 6.03 Å². The first-order valence-corrected chi connectivity index (χ1v) is 19.1. The topological polar surface area (TPSA) is 23.6 Å². The zero-order valence-electron chi connectivity index (χ0n) is 28.7. The van der Waals surface area contributed by atoms with Crippen molar-refractivity contribution in [2.45, 2.75) is 194 Å². The van der Waals surface area contributed by atoms with Crippen LogP contribution in [0.2, 0.25) is 0 Å². The summed E-state index contributed by atoms with van der Waals surface area (Å²) in [5.74, 6) is 0. The monoisotopic (exact) mass is 587 g/mol. The number of unbranched alkanes of at least 4 members (excludes halogenated alkanes) is 20. The van der Waals surface area contributed by atoms with Crippen LogP contribution in [0.5, 0.6) is 0 Å². The minimum atomic E-state index is 0.333. The molecule has 0 N–H and O–H groups in total. The Balaban J connectivity index is 2.10. The van der Waals surface area contributed by atoms with Gasteiger partial charge in [-0.1, -0.05) is 141 Å². The second-order valence-corrected chi connectivity index (χ2v) is 13.1. The molecule has 0 radical (unpaired) electrons. The van der Waals surface area contributed by atoms with Gasteiger partial charge in [-0.05, 0) is 77.0 Å². The molecule has 3 heteroatoms. The predicted molar refractivity (Wildman–Crippen MR) is 187 cm³/mol. The van der Waals surface area contributed by atoms with Gasteiger partial charge in [0.15, 0.2) is 0 Å². The Morgan fingerprint density at radius 2 is 0.738 bits per heavy atom. The fourth-order valence-corrected chi connectivity index (χ4v) is 6.16. The number of carbonyl (C=O) groups excluding carboxylic acids is 1. The van der Waals surface area contributed by atoms with Crippen LogP contribution in [0.1, 0.15) is 194 Å². The van der Waals surface area contributed by atoms with Gasteiger partial charge in [-0.25, -0.2) is 4.79 Å². The van der Waals surface area contributed by atoms with Crippen LogP contribution >= 0.6 is 0 Å². The molecule has 1 fully saturated rings. The van der Waals surface area contributed by atoms with E-state index in [1.54, 1.807) is 0 Å². The minimum absolute atomic E-state index is 0.333. The summed E-state index contributed by atoms with van der Waals surface area (Å²) < 4.78 is 0. The summed E-state index contributed by atoms with van der Waals surface area (Å²) in [7, 11) is 0. The molecule has 42 heavy (non-hydrogen) atoms. The molecule has 0 unspecified atom stereocenters. The highest BCUT2D eigenvalue weighted by Gasteiger charge is 2.21. The molecule has 1 aliphatic rings. The van der Waals surface area contributed by atoms with Gasteiger partial charge in [0.1, 0.15) is 0 Å². The Labute approximate surface area is 264 Å². The maximum Gasteiger partial charge on any atom is 0.319 e. The number of urea groups is 1. The molecule has 3 nitrogen and oxygen atoms in total. The summed E-state index contributed by atoms with van der Waals surface area (Å²) in [6.07, 6.45) is 46.1. The van der Waals surface area contributed by atoms with Crippen LogP contribution in [0.4, 0.5) is 4.79 Å². The number of allylic oxidation sites excluding steroid dienone is 4. The van der Waals surface area contributed by atoms with E-state index in [2.05, 4.69) is 48.0 Å². The van der Waals surface area contributed by atoms with Gasteiger partial charge < -0.3 is 9.80 Å². The summed E-state index contributed by atoms with van der Waals surface area (Å²) >= 11 is 0. The largest absolute Gasteiger partial charge is 0.325 e. The van der Waals surface area contributed by atoms with Crippen molar-refractivity contribution in [1.29, 1.82) is 0 Å². The summed E-state index contributed by atoms with van der Waals surface area (Å²) in [5, 5.41) is 0. The maximum absolute atomic E-state index is 13.4. The van der Waals surface area contributed by atoms with E-state index < -0.39 is 0 Å². The third-order valence-corrected chi connectivity index (χ3v) is 9.03. The first kappa shape index (κ1) is 38.8. The van der Waals surface area contributed by atoms with E-state index in [1.807, 2.05) is 0 Å². The van der Waals surface area contributed by atoms with Crippen LogP contribution in [0, 0.1) is 0 Å². The second kappa shape index (κ2) is 31.2. The Hall–Kier alpha value is -1.25. The van der Waals surface area contributed by atoms with Gasteiger partial charge in [0.25, 0.3) is 0 Å². The molecule has 0 atom stereocenters. The van der Waals surface area contributed by atoms with E-state index >= 15 is 0 Å². The lowest BCUT2D eigenvalue weighted by atomic mass is 10.1. The van der Waals surface area contributed by atoms with Gasteiger partial charge in [0.2, 0.25) is 0 Å². The number of hydrogen-bond acceptors (Lipinski definition) is 1. The van der Waals surface area contributed by atoms with Gasteiger partial charge in [-0.2, -0.15) is 0 Å². The molecule has 0 bridgehead atoms. The average molecular weight is 587 g/mol. The van der Waals surface area contributed by atoms with E-state index in [-0.39, 0.29) is 0 Å².